The van der Waals surface area contributed by atoms with Crippen molar-refractivity contribution in [3.63, 3.8) is 0 Å². The van der Waals surface area contributed by atoms with Crippen LogP contribution in [0, 0.1) is 11.8 Å². The second-order valence-corrected chi connectivity index (χ2v) is 8.44. The Morgan fingerprint density at radius 3 is 2.53 bits per heavy atom. The van der Waals surface area contributed by atoms with Crippen LogP contribution in [0.2, 0.25) is 0 Å². The molecule has 2 aliphatic rings. The van der Waals surface area contributed by atoms with Gasteiger partial charge in [-0.25, -0.2) is 0 Å². The second kappa shape index (κ2) is 13.5. The first kappa shape index (κ1) is 24.5. The van der Waals surface area contributed by atoms with Gasteiger partial charge in [0.1, 0.15) is 6.61 Å². The molecule has 170 valence electrons. The van der Waals surface area contributed by atoms with Gasteiger partial charge >= 0.3 is 0 Å². The Morgan fingerprint density at radius 1 is 1.00 bits per heavy atom. The third-order valence-corrected chi connectivity index (χ3v) is 6.09. The molecule has 2 rings (SSSR count). The van der Waals surface area contributed by atoms with Crippen LogP contribution in [-0.4, -0.2) is 54.6 Å². The van der Waals surface area contributed by atoms with Crippen LogP contribution < -0.4 is 10.6 Å². The van der Waals surface area contributed by atoms with Crippen molar-refractivity contribution in [3.8, 4) is 0 Å². The van der Waals surface area contributed by atoms with Gasteiger partial charge in [0.05, 0.1) is 18.8 Å². The molecule has 4 atom stereocenters. The fourth-order valence-electron chi connectivity index (χ4n) is 4.36. The van der Waals surface area contributed by atoms with Crippen molar-refractivity contribution in [3.05, 3.63) is 12.2 Å². The minimum Gasteiger partial charge on any atom is -0.389 e. The van der Waals surface area contributed by atoms with Gasteiger partial charge in [0.15, 0.2) is 5.78 Å². The first-order valence-corrected chi connectivity index (χ1v) is 11.5. The standard InChI is InChI=1S/C23H38N2O5/c1-2-3-6-11-22(28)25-15-23(29)24-14-19-18(20-12-13-21(19)30-20)10-8-5-4-7-9-17(27)16-26/h8,10,18-21,26H,2-7,9,11-16H2,1H3,(H,24,29)(H,25,28)/t18-,19+,20-,21+/m0/s1. The van der Waals surface area contributed by atoms with Crippen LogP contribution >= 0.6 is 0 Å². The average Bonchev–Trinajstić information content (AvgIpc) is 3.35. The van der Waals surface area contributed by atoms with E-state index in [2.05, 4.69) is 29.7 Å². The summed E-state index contributed by atoms with van der Waals surface area (Å²) in [6, 6.07) is 0. The molecule has 2 amide bonds. The van der Waals surface area contributed by atoms with E-state index >= 15 is 0 Å². The van der Waals surface area contributed by atoms with Crippen molar-refractivity contribution in [1.29, 1.82) is 0 Å². The highest BCUT2D eigenvalue weighted by Crippen LogP contribution is 2.43. The lowest BCUT2D eigenvalue weighted by atomic mass is 9.79. The van der Waals surface area contributed by atoms with E-state index in [-0.39, 0.29) is 48.9 Å². The first-order chi connectivity index (χ1) is 14.5. The number of allylic oxidation sites excluding steroid dienone is 1. The van der Waals surface area contributed by atoms with Gasteiger partial charge in [0.25, 0.3) is 0 Å². The monoisotopic (exact) mass is 422 g/mol. The smallest absolute Gasteiger partial charge is 0.239 e. The van der Waals surface area contributed by atoms with Gasteiger partial charge in [-0.2, -0.15) is 0 Å². The predicted octanol–water partition coefficient (Wildman–Crippen LogP) is 2.27. The van der Waals surface area contributed by atoms with Gasteiger partial charge < -0.3 is 20.5 Å². The maximum atomic E-state index is 12.1. The third kappa shape index (κ3) is 8.19. The van der Waals surface area contributed by atoms with Crippen molar-refractivity contribution in [2.75, 3.05) is 19.7 Å². The number of rotatable bonds is 15. The summed E-state index contributed by atoms with van der Waals surface area (Å²) in [6.45, 7) is 2.31. The van der Waals surface area contributed by atoms with Crippen molar-refractivity contribution >= 4 is 17.6 Å². The van der Waals surface area contributed by atoms with Gasteiger partial charge in [-0.05, 0) is 38.5 Å². The molecule has 0 spiro atoms. The van der Waals surface area contributed by atoms with Crippen molar-refractivity contribution < 1.29 is 24.2 Å². The Balaban J connectivity index is 1.68. The second-order valence-electron chi connectivity index (χ2n) is 8.44. The number of unbranched alkanes of at least 4 members (excludes halogenated alkanes) is 4. The normalized spacial score (nSPS) is 25.0. The van der Waals surface area contributed by atoms with E-state index in [1.54, 1.807) is 0 Å². The fraction of sp³-hybridized carbons (Fsp3) is 0.783. The molecular weight excluding hydrogens is 384 g/mol. The maximum Gasteiger partial charge on any atom is 0.239 e. The molecule has 0 aromatic heterocycles. The number of ketones is 1. The summed E-state index contributed by atoms with van der Waals surface area (Å²) in [6.07, 6.45) is 13.4. The summed E-state index contributed by atoms with van der Waals surface area (Å²) in [4.78, 5) is 35.0. The van der Waals surface area contributed by atoms with Gasteiger partial charge in [-0.15, -0.1) is 0 Å². The molecule has 30 heavy (non-hydrogen) atoms. The molecule has 0 unspecified atom stereocenters. The van der Waals surface area contributed by atoms with Gasteiger partial charge in [-0.1, -0.05) is 31.9 Å². The van der Waals surface area contributed by atoms with Crippen molar-refractivity contribution in [2.45, 2.75) is 83.3 Å². The van der Waals surface area contributed by atoms with Crippen LogP contribution in [0.25, 0.3) is 0 Å². The largest absolute Gasteiger partial charge is 0.389 e. The number of hydrogen-bond acceptors (Lipinski definition) is 5. The Kier molecular flexibility index (Phi) is 11.1. The molecular formula is C23H38N2O5. The van der Waals surface area contributed by atoms with E-state index in [0.717, 1.165) is 51.4 Å². The molecule has 7 heteroatoms. The highest BCUT2D eigenvalue weighted by molar-refractivity contribution is 5.84. The fourth-order valence-corrected chi connectivity index (χ4v) is 4.36. The zero-order valence-corrected chi connectivity index (χ0v) is 18.2. The molecule has 2 heterocycles. The summed E-state index contributed by atoms with van der Waals surface area (Å²) >= 11 is 0. The van der Waals surface area contributed by atoms with E-state index in [0.29, 0.717) is 25.3 Å². The molecule has 2 bridgehead atoms. The van der Waals surface area contributed by atoms with E-state index < -0.39 is 0 Å². The number of carbonyl (C=O) groups excluding carboxylic acids is 3. The SMILES string of the molecule is CCCCCC(=O)NCC(=O)NC[C@@H]1[C@H](C=CCCCCC(=O)CO)[C@@H]2CC[C@H]1O2. The van der Waals surface area contributed by atoms with E-state index in [9.17, 15) is 14.4 Å². The number of ether oxygens (including phenoxy) is 1. The van der Waals surface area contributed by atoms with E-state index in [4.69, 9.17) is 9.84 Å². The van der Waals surface area contributed by atoms with E-state index in [1.807, 2.05) is 0 Å². The molecule has 2 aliphatic heterocycles. The number of aliphatic hydroxyl groups is 1. The molecule has 0 saturated carbocycles. The molecule has 7 nitrogen and oxygen atoms in total. The summed E-state index contributed by atoms with van der Waals surface area (Å²) in [5.41, 5.74) is 0. The highest BCUT2D eigenvalue weighted by atomic mass is 16.5. The number of aliphatic hydroxyl groups excluding tert-OH is 1. The number of hydrogen-bond donors (Lipinski definition) is 3. The van der Waals surface area contributed by atoms with Gasteiger partial charge in [-0.3, -0.25) is 14.4 Å². The minimum absolute atomic E-state index is 0.0275. The van der Waals surface area contributed by atoms with Crippen LogP contribution in [0.3, 0.4) is 0 Å². The zero-order chi connectivity index (χ0) is 21.8. The Labute approximate surface area is 180 Å². The minimum atomic E-state index is -0.367. The quantitative estimate of drug-likeness (QED) is 0.277. The van der Waals surface area contributed by atoms with Crippen molar-refractivity contribution in [1.82, 2.24) is 10.6 Å². The highest BCUT2D eigenvalue weighted by Gasteiger charge is 2.47. The number of fused-ring (bicyclic) bond motifs is 2. The maximum absolute atomic E-state index is 12.1. The van der Waals surface area contributed by atoms with Gasteiger partial charge in [0.2, 0.25) is 11.8 Å². The zero-order valence-electron chi connectivity index (χ0n) is 18.2. The van der Waals surface area contributed by atoms with Crippen LogP contribution in [0.5, 0.6) is 0 Å². The van der Waals surface area contributed by atoms with E-state index in [1.165, 1.54) is 0 Å². The predicted molar refractivity (Wildman–Crippen MR) is 115 cm³/mol. The van der Waals surface area contributed by atoms with Crippen LogP contribution in [0.1, 0.15) is 71.1 Å². The third-order valence-electron chi connectivity index (χ3n) is 6.09. The summed E-state index contributed by atoms with van der Waals surface area (Å²) in [7, 11) is 0. The van der Waals surface area contributed by atoms with Crippen LogP contribution in [-0.2, 0) is 19.1 Å². The molecule has 2 saturated heterocycles. The molecule has 0 aromatic carbocycles. The molecule has 2 fully saturated rings. The lowest BCUT2D eigenvalue weighted by Gasteiger charge is -2.26. The molecule has 0 aromatic rings. The summed E-state index contributed by atoms with van der Waals surface area (Å²) < 4.78 is 6.06. The van der Waals surface area contributed by atoms with Crippen LogP contribution in [0.4, 0.5) is 0 Å². The summed E-state index contributed by atoms with van der Waals surface area (Å²) in [5, 5.41) is 14.4. The molecule has 3 N–H and O–H groups in total. The molecule has 0 aliphatic carbocycles. The summed E-state index contributed by atoms with van der Waals surface area (Å²) in [5.74, 6) is 0.238. The van der Waals surface area contributed by atoms with Gasteiger partial charge in [0, 0.05) is 31.2 Å². The Bertz CT molecular complexity index is 592. The topological polar surface area (TPSA) is 105 Å². The number of amides is 2. The number of Topliss-reactive ketones (excluding diaryl/α,β-unsaturated/α-hetero) is 1. The average molecular weight is 423 g/mol. The lowest BCUT2D eigenvalue weighted by molar-refractivity contribution is -0.126. The first-order valence-electron chi connectivity index (χ1n) is 11.5. The number of carbonyl (C=O) groups is 3. The molecule has 0 radical (unpaired) electrons. The number of nitrogens with one attached hydrogen (secondary N) is 2. The Morgan fingerprint density at radius 2 is 1.77 bits per heavy atom. The van der Waals surface area contributed by atoms with Crippen LogP contribution in [0.15, 0.2) is 12.2 Å². The van der Waals surface area contributed by atoms with Crippen molar-refractivity contribution in [2.24, 2.45) is 11.8 Å². The lowest BCUT2D eigenvalue weighted by Crippen LogP contribution is -2.42. The Hall–Kier alpha value is -1.73.